The Kier molecular flexibility index (Phi) is 3.30. The molecule has 98 valence electrons. The molecule has 1 heterocycles. The quantitative estimate of drug-likeness (QED) is 0.727. The molecule has 0 saturated carbocycles. The first kappa shape index (κ1) is 13.4. The van der Waals surface area contributed by atoms with Crippen LogP contribution in [0.3, 0.4) is 0 Å². The zero-order valence-electron chi connectivity index (χ0n) is 9.78. The summed E-state index contributed by atoms with van der Waals surface area (Å²) in [6.07, 6.45) is 0. The molecule has 0 spiro atoms. The Morgan fingerprint density at radius 1 is 1.20 bits per heavy atom. The van der Waals surface area contributed by atoms with Crippen LogP contribution < -0.4 is 0 Å². The van der Waals surface area contributed by atoms with Crippen LogP contribution in [0.5, 0.6) is 11.5 Å². The van der Waals surface area contributed by atoms with Crippen molar-refractivity contribution in [2.45, 2.75) is 0 Å². The van der Waals surface area contributed by atoms with E-state index in [1.54, 1.807) is 6.07 Å². The van der Waals surface area contributed by atoms with Crippen LogP contribution in [0.4, 0.5) is 0 Å². The predicted molar refractivity (Wildman–Crippen MR) is 69.5 cm³/mol. The van der Waals surface area contributed by atoms with Gasteiger partial charge in [-0.15, -0.1) is 11.3 Å². The monoisotopic (exact) mass is 286 g/mol. The predicted octanol–water partition coefficient (Wildman–Crippen LogP) is 2.27. The third kappa shape index (κ3) is 2.03. The van der Waals surface area contributed by atoms with Crippen LogP contribution in [0.25, 0.3) is 10.4 Å². The van der Waals surface area contributed by atoms with Gasteiger partial charge in [0.1, 0.15) is 16.5 Å². The van der Waals surface area contributed by atoms with Crippen LogP contribution in [0, 0.1) is 22.7 Å². The van der Waals surface area contributed by atoms with Crippen LogP contribution in [-0.4, -0.2) is 21.3 Å². The Morgan fingerprint density at radius 2 is 1.90 bits per heavy atom. The van der Waals surface area contributed by atoms with E-state index in [9.17, 15) is 15.0 Å². The summed E-state index contributed by atoms with van der Waals surface area (Å²) in [7, 11) is 0. The second-order valence-electron chi connectivity index (χ2n) is 3.73. The standard InChI is InChI=1S/C13H6N2O4S/c14-4-6-3-8(16)12(17)7(5-15)11(6)9-1-2-10(20-9)13(18)19/h1-3,16-17H,(H,18,19). The molecule has 2 aromatic rings. The van der Waals surface area contributed by atoms with Gasteiger partial charge in [0.2, 0.25) is 0 Å². The average molecular weight is 286 g/mol. The van der Waals surface area contributed by atoms with Gasteiger partial charge in [-0.2, -0.15) is 10.5 Å². The zero-order valence-corrected chi connectivity index (χ0v) is 10.6. The molecule has 0 atom stereocenters. The number of aromatic hydroxyl groups is 2. The van der Waals surface area contributed by atoms with Crippen LogP contribution in [0.2, 0.25) is 0 Å². The summed E-state index contributed by atoms with van der Waals surface area (Å²) in [4.78, 5) is 11.3. The van der Waals surface area contributed by atoms with Gasteiger partial charge in [0.05, 0.1) is 11.6 Å². The van der Waals surface area contributed by atoms with Gasteiger partial charge in [-0.25, -0.2) is 4.79 Å². The van der Waals surface area contributed by atoms with E-state index >= 15 is 0 Å². The minimum atomic E-state index is -1.12. The van der Waals surface area contributed by atoms with Crippen LogP contribution in [0.1, 0.15) is 20.8 Å². The molecule has 7 heteroatoms. The van der Waals surface area contributed by atoms with Gasteiger partial charge in [-0.3, -0.25) is 0 Å². The fourth-order valence-corrected chi connectivity index (χ4v) is 2.61. The number of hydrogen-bond donors (Lipinski definition) is 3. The van der Waals surface area contributed by atoms with E-state index in [1.165, 1.54) is 12.1 Å². The number of rotatable bonds is 2. The second-order valence-corrected chi connectivity index (χ2v) is 4.82. The topological polar surface area (TPSA) is 125 Å². The normalized spacial score (nSPS) is 9.70. The molecule has 0 bridgehead atoms. The Morgan fingerprint density at radius 3 is 2.40 bits per heavy atom. The number of thiophene rings is 1. The van der Waals surface area contributed by atoms with E-state index in [4.69, 9.17) is 15.6 Å². The van der Waals surface area contributed by atoms with Crippen molar-refractivity contribution in [1.29, 1.82) is 10.5 Å². The third-order valence-corrected chi connectivity index (χ3v) is 3.67. The first-order valence-corrected chi connectivity index (χ1v) is 6.03. The summed E-state index contributed by atoms with van der Waals surface area (Å²) in [5.41, 5.74) is -0.168. The number of nitrogens with zero attached hydrogens (tertiary/aromatic N) is 2. The summed E-state index contributed by atoms with van der Waals surface area (Å²) < 4.78 is 0. The van der Waals surface area contributed by atoms with Gasteiger partial charge in [0.15, 0.2) is 11.5 Å². The van der Waals surface area contributed by atoms with Gasteiger partial charge in [-0.05, 0) is 12.1 Å². The maximum absolute atomic E-state index is 10.9. The van der Waals surface area contributed by atoms with Gasteiger partial charge in [0.25, 0.3) is 0 Å². The molecule has 1 aromatic heterocycles. The summed E-state index contributed by atoms with van der Waals surface area (Å²) >= 11 is 0.873. The van der Waals surface area contributed by atoms with E-state index in [0.29, 0.717) is 4.88 Å². The maximum atomic E-state index is 10.9. The summed E-state index contributed by atoms with van der Waals surface area (Å²) in [5, 5.41) is 46.2. The van der Waals surface area contributed by atoms with Crippen molar-refractivity contribution in [3.8, 4) is 34.1 Å². The van der Waals surface area contributed by atoms with Crippen molar-refractivity contribution in [1.82, 2.24) is 0 Å². The minimum absolute atomic E-state index is 0.0179. The molecule has 1 aromatic carbocycles. The van der Waals surface area contributed by atoms with Crippen molar-refractivity contribution >= 4 is 17.3 Å². The number of nitriles is 2. The van der Waals surface area contributed by atoms with Crippen molar-refractivity contribution in [2.24, 2.45) is 0 Å². The van der Waals surface area contributed by atoms with Crippen molar-refractivity contribution in [2.75, 3.05) is 0 Å². The molecule has 0 aliphatic carbocycles. The first-order chi connectivity index (χ1) is 9.49. The molecule has 0 aliphatic rings. The first-order valence-electron chi connectivity index (χ1n) is 5.22. The van der Waals surface area contributed by atoms with E-state index in [-0.39, 0.29) is 21.6 Å². The van der Waals surface area contributed by atoms with E-state index in [2.05, 4.69) is 0 Å². The molecule has 0 unspecified atom stereocenters. The molecule has 0 fully saturated rings. The van der Waals surface area contributed by atoms with E-state index in [1.807, 2.05) is 6.07 Å². The number of benzene rings is 1. The summed E-state index contributed by atoms with van der Waals surface area (Å²) in [6, 6.07) is 7.35. The lowest BCUT2D eigenvalue weighted by Crippen LogP contribution is -1.91. The highest BCUT2D eigenvalue weighted by Crippen LogP contribution is 2.41. The molecule has 3 N–H and O–H groups in total. The fraction of sp³-hybridized carbons (Fsp3) is 0. The van der Waals surface area contributed by atoms with Crippen molar-refractivity contribution < 1.29 is 20.1 Å². The van der Waals surface area contributed by atoms with Crippen LogP contribution >= 0.6 is 11.3 Å². The largest absolute Gasteiger partial charge is 0.504 e. The molecule has 0 aliphatic heterocycles. The lowest BCUT2D eigenvalue weighted by Gasteiger charge is -2.07. The SMILES string of the molecule is N#Cc1cc(O)c(O)c(C#N)c1-c1ccc(C(=O)O)s1. The summed E-state index contributed by atoms with van der Waals surface area (Å²) in [5.74, 6) is -2.33. The number of carboxylic acids is 1. The molecule has 20 heavy (non-hydrogen) atoms. The number of carbonyl (C=O) groups is 1. The number of hydrogen-bond acceptors (Lipinski definition) is 6. The molecule has 0 amide bonds. The second kappa shape index (κ2) is 4.92. The molecule has 0 saturated heterocycles. The zero-order chi connectivity index (χ0) is 14.9. The average Bonchev–Trinajstić information content (AvgIpc) is 2.90. The molecular formula is C13H6N2O4S. The number of phenols is 2. The third-order valence-electron chi connectivity index (χ3n) is 2.58. The summed E-state index contributed by atoms with van der Waals surface area (Å²) in [6.45, 7) is 0. The van der Waals surface area contributed by atoms with Crippen molar-refractivity contribution in [3.05, 3.63) is 34.2 Å². The Labute approximate surface area is 117 Å². The van der Waals surface area contributed by atoms with Crippen molar-refractivity contribution in [3.63, 3.8) is 0 Å². The molecule has 0 radical (unpaired) electrons. The van der Waals surface area contributed by atoms with Crippen LogP contribution in [0.15, 0.2) is 18.2 Å². The van der Waals surface area contributed by atoms with Gasteiger partial charge in [0, 0.05) is 16.5 Å². The fourth-order valence-electron chi connectivity index (χ4n) is 1.70. The van der Waals surface area contributed by atoms with Crippen LogP contribution in [-0.2, 0) is 0 Å². The maximum Gasteiger partial charge on any atom is 0.345 e. The Hall–Kier alpha value is -3.03. The molecule has 6 nitrogen and oxygen atoms in total. The van der Waals surface area contributed by atoms with Gasteiger partial charge >= 0.3 is 5.97 Å². The lowest BCUT2D eigenvalue weighted by atomic mass is 9.99. The Balaban J connectivity index is 2.79. The Bertz CT molecular complexity index is 796. The smallest absolute Gasteiger partial charge is 0.345 e. The van der Waals surface area contributed by atoms with E-state index in [0.717, 1.165) is 17.4 Å². The minimum Gasteiger partial charge on any atom is -0.504 e. The highest BCUT2D eigenvalue weighted by atomic mass is 32.1. The van der Waals surface area contributed by atoms with Gasteiger partial charge < -0.3 is 15.3 Å². The molecule has 2 rings (SSSR count). The van der Waals surface area contributed by atoms with E-state index < -0.39 is 17.5 Å². The number of phenolic OH excluding ortho intramolecular Hbond substituents is 2. The number of carboxylic acid groups (broad SMARTS) is 1. The number of aromatic carboxylic acids is 1. The van der Waals surface area contributed by atoms with Gasteiger partial charge in [-0.1, -0.05) is 0 Å². The lowest BCUT2D eigenvalue weighted by molar-refractivity contribution is 0.0702. The highest BCUT2D eigenvalue weighted by molar-refractivity contribution is 7.17. The highest BCUT2D eigenvalue weighted by Gasteiger charge is 2.21. The molecular weight excluding hydrogens is 280 g/mol.